The zero-order chi connectivity index (χ0) is 20.8. The van der Waals surface area contributed by atoms with Gasteiger partial charge in [0.15, 0.2) is 0 Å². The van der Waals surface area contributed by atoms with Crippen LogP contribution in [0.4, 0.5) is 4.79 Å². The molecule has 5 rings (SSSR count). The lowest BCUT2D eigenvalue weighted by atomic mass is 9.96. The molecule has 1 N–H and O–H groups in total. The van der Waals surface area contributed by atoms with Crippen LogP contribution in [0.3, 0.4) is 0 Å². The second kappa shape index (κ2) is 7.47. The van der Waals surface area contributed by atoms with Crippen LogP contribution in [0.15, 0.2) is 42.5 Å². The van der Waals surface area contributed by atoms with Crippen LogP contribution < -0.4 is 10.1 Å². The summed E-state index contributed by atoms with van der Waals surface area (Å²) in [6.07, 6.45) is 1.49. The van der Waals surface area contributed by atoms with Crippen LogP contribution in [0.2, 0.25) is 0 Å². The number of hydrogen-bond acceptors (Lipinski definition) is 5. The third-order valence-corrected chi connectivity index (χ3v) is 7.31. The fourth-order valence-corrected chi connectivity index (χ4v) is 5.71. The quantitative estimate of drug-likeness (QED) is 0.814. The molecule has 0 spiro atoms. The first kappa shape index (κ1) is 19.2. The van der Waals surface area contributed by atoms with E-state index in [2.05, 4.69) is 5.32 Å². The molecule has 6 nitrogen and oxygen atoms in total. The minimum atomic E-state index is -0.347. The van der Waals surface area contributed by atoms with E-state index < -0.39 is 0 Å². The van der Waals surface area contributed by atoms with Gasteiger partial charge >= 0.3 is 0 Å². The Morgan fingerprint density at radius 1 is 1.13 bits per heavy atom. The first-order valence-electron chi connectivity index (χ1n) is 10.2. The fraction of sp³-hybridized carbons (Fsp3) is 0.348. The molecule has 0 saturated carbocycles. The van der Waals surface area contributed by atoms with Crippen molar-refractivity contribution in [2.24, 2.45) is 0 Å². The zero-order valence-electron chi connectivity index (χ0n) is 16.6. The van der Waals surface area contributed by atoms with Gasteiger partial charge in [-0.2, -0.15) is 0 Å². The molecule has 2 aromatic rings. The summed E-state index contributed by atoms with van der Waals surface area (Å²) < 4.78 is 6.35. The number of carbonyl (C=O) groups excluding carboxylic acids is 3. The van der Waals surface area contributed by atoms with E-state index in [9.17, 15) is 14.4 Å². The number of benzene rings is 2. The van der Waals surface area contributed by atoms with Crippen molar-refractivity contribution in [3.63, 3.8) is 0 Å². The molecule has 2 heterocycles. The molecule has 3 aliphatic rings. The highest BCUT2D eigenvalue weighted by atomic mass is 32.2. The van der Waals surface area contributed by atoms with Crippen LogP contribution in [-0.4, -0.2) is 40.3 Å². The number of aryl methyl sites for hydroxylation is 1. The van der Waals surface area contributed by atoms with Gasteiger partial charge in [0, 0.05) is 23.6 Å². The number of fused-ring (bicyclic) bond motifs is 2. The summed E-state index contributed by atoms with van der Waals surface area (Å²) in [5, 5.41) is 1.78. The maximum Gasteiger partial charge on any atom is 0.286 e. The van der Waals surface area contributed by atoms with Crippen LogP contribution in [0, 0.1) is 0 Å². The van der Waals surface area contributed by atoms with E-state index in [1.54, 1.807) is 0 Å². The summed E-state index contributed by atoms with van der Waals surface area (Å²) in [6, 6.07) is 13.6. The van der Waals surface area contributed by atoms with E-state index in [-0.39, 0.29) is 34.3 Å². The highest BCUT2D eigenvalue weighted by Crippen LogP contribution is 2.43. The lowest BCUT2D eigenvalue weighted by molar-refractivity contribution is -0.119. The molecule has 1 fully saturated rings. The van der Waals surface area contributed by atoms with Gasteiger partial charge in [0.1, 0.15) is 17.1 Å². The summed E-state index contributed by atoms with van der Waals surface area (Å²) >= 11 is 1.09. The lowest BCUT2D eigenvalue weighted by Crippen LogP contribution is -2.41. The lowest BCUT2D eigenvalue weighted by Gasteiger charge is -2.33. The normalized spacial score (nSPS) is 25.2. The minimum Gasteiger partial charge on any atom is -0.484 e. The molecule has 2 unspecified atom stereocenters. The van der Waals surface area contributed by atoms with Crippen molar-refractivity contribution >= 4 is 28.8 Å². The molecule has 0 radical (unpaired) electrons. The Kier molecular flexibility index (Phi) is 4.77. The number of nitrogens with zero attached hydrogens (tertiary/aromatic N) is 1. The number of nitrogens with one attached hydrogen (secondary N) is 1. The van der Waals surface area contributed by atoms with E-state index in [1.165, 1.54) is 0 Å². The van der Waals surface area contributed by atoms with Gasteiger partial charge in [0.2, 0.25) is 5.91 Å². The van der Waals surface area contributed by atoms with Gasteiger partial charge in [0.25, 0.3) is 11.1 Å². The standard InChI is InChI=1S/C23H22N2O4S/c1-2-25-12-19(16-5-3-4-6-18(16)22(25)27)29-14-8-10-15-13(11-14)7-9-17(15)20-21(26)24-23(28)30-20/h3-6,8,10-11,17,19-20H,2,7,9,12H2,1H3,(H,24,26,28)/t17-,19?,20?/m1/s1. The summed E-state index contributed by atoms with van der Waals surface area (Å²) in [4.78, 5) is 38.1. The van der Waals surface area contributed by atoms with Crippen molar-refractivity contribution < 1.29 is 19.1 Å². The molecule has 1 aliphatic carbocycles. The number of likely N-dealkylation sites (N-methyl/N-ethyl adjacent to an activating group) is 1. The molecule has 7 heteroatoms. The van der Waals surface area contributed by atoms with E-state index in [4.69, 9.17) is 4.74 Å². The third kappa shape index (κ3) is 3.17. The van der Waals surface area contributed by atoms with Crippen molar-refractivity contribution in [1.29, 1.82) is 0 Å². The maximum absolute atomic E-state index is 12.6. The number of ether oxygens (including phenoxy) is 1. The summed E-state index contributed by atoms with van der Waals surface area (Å²) in [7, 11) is 0. The Hall–Kier alpha value is -2.80. The Morgan fingerprint density at radius 3 is 2.73 bits per heavy atom. The number of thioether (sulfide) groups is 1. The molecule has 30 heavy (non-hydrogen) atoms. The Labute approximate surface area is 179 Å². The second-order valence-corrected chi connectivity index (χ2v) is 8.97. The highest BCUT2D eigenvalue weighted by molar-refractivity contribution is 8.15. The first-order valence-corrected chi connectivity index (χ1v) is 11.1. The van der Waals surface area contributed by atoms with Crippen LogP contribution in [0.1, 0.15) is 52.4 Å². The smallest absolute Gasteiger partial charge is 0.286 e. The van der Waals surface area contributed by atoms with Gasteiger partial charge in [0.05, 0.1) is 6.54 Å². The third-order valence-electron chi connectivity index (χ3n) is 6.19. The molecule has 2 aliphatic heterocycles. The van der Waals surface area contributed by atoms with E-state index in [1.807, 2.05) is 54.3 Å². The van der Waals surface area contributed by atoms with Crippen molar-refractivity contribution in [3.05, 3.63) is 64.7 Å². The number of imide groups is 1. The van der Waals surface area contributed by atoms with Gasteiger partial charge in [-0.1, -0.05) is 36.0 Å². The van der Waals surface area contributed by atoms with Gasteiger partial charge in [-0.05, 0) is 49.1 Å². The van der Waals surface area contributed by atoms with Crippen LogP contribution in [0.5, 0.6) is 5.75 Å². The van der Waals surface area contributed by atoms with Crippen molar-refractivity contribution in [1.82, 2.24) is 10.2 Å². The Balaban J connectivity index is 1.40. The predicted molar refractivity (Wildman–Crippen MR) is 114 cm³/mol. The fourth-order valence-electron chi connectivity index (χ4n) is 4.71. The van der Waals surface area contributed by atoms with Crippen molar-refractivity contribution in [2.75, 3.05) is 13.1 Å². The molecule has 0 bridgehead atoms. The molecule has 3 amide bonds. The number of amides is 3. The summed E-state index contributed by atoms with van der Waals surface area (Å²) in [5.74, 6) is 0.672. The van der Waals surface area contributed by atoms with Crippen molar-refractivity contribution in [3.8, 4) is 5.75 Å². The predicted octanol–water partition coefficient (Wildman–Crippen LogP) is 3.66. The molecular formula is C23H22N2O4S. The molecule has 3 atom stereocenters. The average Bonchev–Trinajstić information content (AvgIpc) is 3.31. The largest absolute Gasteiger partial charge is 0.484 e. The van der Waals surface area contributed by atoms with E-state index in [0.29, 0.717) is 18.7 Å². The monoisotopic (exact) mass is 422 g/mol. The summed E-state index contributed by atoms with van der Waals surface area (Å²) in [5.41, 5.74) is 3.91. The highest BCUT2D eigenvalue weighted by Gasteiger charge is 2.41. The van der Waals surface area contributed by atoms with Gasteiger partial charge in [-0.15, -0.1) is 0 Å². The molecular weight excluding hydrogens is 400 g/mol. The van der Waals surface area contributed by atoms with E-state index >= 15 is 0 Å². The zero-order valence-corrected chi connectivity index (χ0v) is 17.4. The van der Waals surface area contributed by atoms with Gasteiger partial charge in [-0.3, -0.25) is 19.7 Å². The molecule has 2 aromatic carbocycles. The number of carbonyl (C=O) groups is 3. The Bertz CT molecular complexity index is 1050. The topological polar surface area (TPSA) is 75.7 Å². The van der Waals surface area contributed by atoms with Gasteiger partial charge < -0.3 is 9.64 Å². The minimum absolute atomic E-state index is 0.0478. The second-order valence-electron chi connectivity index (χ2n) is 7.86. The SMILES string of the molecule is CCN1CC(Oc2ccc3c(c2)CC[C@H]3C2SC(=O)NC2=O)c2ccccc2C1=O. The molecule has 154 valence electrons. The van der Waals surface area contributed by atoms with Crippen LogP contribution in [0.25, 0.3) is 0 Å². The Morgan fingerprint density at radius 2 is 1.97 bits per heavy atom. The van der Waals surface area contributed by atoms with Crippen LogP contribution in [-0.2, 0) is 11.2 Å². The van der Waals surface area contributed by atoms with Crippen molar-refractivity contribution in [2.45, 2.75) is 37.0 Å². The van der Waals surface area contributed by atoms with E-state index in [0.717, 1.165) is 47.0 Å². The first-order chi connectivity index (χ1) is 14.5. The molecule has 0 aromatic heterocycles. The van der Waals surface area contributed by atoms with Gasteiger partial charge in [-0.25, -0.2) is 0 Å². The molecule has 1 saturated heterocycles. The maximum atomic E-state index is 12.6. The number of rotatable bonds is 4. The number of hydrogen-bond donors (Lipinski definition) is 1. The van der Waals surface area contributed by atoms with Crippen LogP contribution >= 0.6 is 11.8 Å². The summed E-state index contributed by atoms with van der Waals surface area (Å²) in [6.45, 7) is 3.13. The average molecular weight is 423 g/mol.